The molecule has 4 rings (SSSR count). The molecule has 53 heavy (non-hydrogen) atoms. The van der Waals surface area contributed by atoms with Crippen molar-refractivity contribution < 1.29 is 40.5 Å². The maximum atomic E-state index is 12.6. The number of aliphatic hydroxyl groups excluding tert-OH is 4. The van der Waals surface area contributed by atoms with Crippen LogP contribution in [0.15, 0.2) is 84.0 Å². The van der Waals surface area contributed by atoms with Gasteiger partial charge in [-0.05, 0) is 85.4 Å². The van der Waals surface area contributed by atoms with Gasteiger partial charge >= 0.3 is 5.97 Å². The smallest absolute Gasteiger partial charge is 0.303 e. The van der Waals surface area contributed by atoms with Gasteiger partial charge in [0, 0.05) is 24.4 Å². The summed E-state index contributed by atoms with van der Waals surface area (Å²) >= 11 is 0. The zero-order valence-electron chi connectivity index (χ0n) is 31.0. The summed E-state index contributed by atoms with van der Waals surface area (Å²) in [6.07, 6.45) is 12.0. The van der Waals surface area contributed by atoms with Crippen LogP contribution in [0.3, 0.4) is 0 Å². The first-order valence-electron chi connectivity index (χ1n) is 19.3. The molecule has 0 saturated carbocycles. The first-order chi connectivity index (χ1) is 25.5. The monoisotopic (exact) mass is 729 g/mol. The minimum atomic E-state index is -1.29. The molecule has 9 nitrogen and oxygen atoms in total. The molecule has 2 aromatic rings. The first kappa shape index (κ1) is 42.0. The summed E-state index contributed by atoms with van der Waals surface area (Å²) in [5.74, 6) is 5.82. The highest BCUT2D eigenvalue weighted by Crippen LogP contribution is 2.35. The zero-order chi connectivity index (χ0) is 38.2. The Morgan fingerprint density at radius 3 is 2.51 bits per heavy atom. The van der Waals surface area contributed by atoms with Crippen molar-refractivity contribution in [2.24, 2.45) is 5.92 Å². The van der Waals surface area contributed by atoms with Gasteiger partial charge in [0.1, 0.15) is 5.75 Å². The Kier molecular flexibility index (Phi) is 16.8. The number of aliphatic hydroxyl groups is 5. The average Bonchev–Trinajstić information content (AvgIpc) is 3.14. The summed E-state index contributed by atoms with van der Waals surface area (Å²) < 4.78 is 0. The van der Waals surface area contributed by atoms with Crippen LogP contribution in [0.1, 0.15) is 101 Å². The summed E-state index contributed by atoms with van der Waals surface area (Å²) in [5.41, 5.74) is 3.18. The van der Waals surface area contributed by atoms with E-state index in [1.54, 1.807) is 30.3 Å². The Hall–Kier alpha value is -3.75. The molecular weight excluding hydrogens is 670 g/mol. The van der Waals surface area contributed by atoms with Gasteiger partial charge in [0.05, 0.1) is 42.5 Å². The van der Waals surface area contributed by atoms with Crippen LogP contribution in [-0.4, -0.2) is 84.3 Å². The zero-order valence-corrected chi connectivity index (χ0v) is 31.0. The van der Waals surface area contributed by atoms with E-state index in [0.717, 1.165) is 59.9 Å². The van der Waals surface area contributed by atoms with Crippen molar-refractivity contribution in [1.82, 2.24) is 5.32 Å². The highest BCUT2D eigenvalue weighted by molar-refractivity contribution is 5.66. The van der Waals surface area contributed by atoms with Crippen LogP contribution in [0.25, 0.3) is 0 Å². The second-order valence-corrected chi connectivity index (χ2v) is 14.7. The Balaban J connectivity index is 1.85. The fraction of sp³-hybridized carbons (Fsp3) is 0.523. The maximum absolute atomic E-state index is 12.6. The third-order valence-corrected chi connectivity index (χ3v) is 10.5. The van der Waals surface area contributed by atoms with E-state index in [2.05, 4.69) is 17.2 Å². The van der Waals surface area contributed by atoms with Crippen molar-refractivity contribution in [2.75, 3.05) is 6.61 Å². The van der Waals surface area contributed by atoms with Crippen LogP contribution in [0.2, 0.25) is 0 Å². The van der Waals surface area contributed by atoms with Crippen molar-refractivity contribution >= 4 is 5.97 Å². The Labute approximate surface area is 314 Å². The number of unbranched alkanes of at least 4 members (excludes halogenated alkanes) is 4. The number of aromatic hydroxyl groups is 1. The number of phenolic OH excluding ortho intramolecular Hbond substituents is 1. The molecule has 0 bridgehead atoms. The average molecular weight is 730 g/mol. The third-order valence-electron chi connectivity index (χ3n) is 10.5. The maximum Gasteiger partial charge on any atom is 0.303 e. The second kappa shape index (κ2) is 21.2. The number of allylic oxidation sites excluding steroid dienone is 2. The molecule has 2 aliphatic rings. The van der Waals surface area contributed by atoms with Crippen molar-refractivity contribution in [2.45, 2.75) is 133 Å². The van der Waals surface area contributed by atoms with E-state index in [1.807, 2.05) is 49.4 Å². The SMILES string of the molecule is CCCCC(O)C(O)C=CC1=C(CC(O)CO)C(CCCCCCC(=O)O)NC2C(C#Cc3ccccc3CC1)C=CCC2(O)Cc1ccc(O)cc1. The number of hydrogen-bond donors (Lipinski definition) is 8. The number of rotatable bonds is 18. The third kappa shape index (κ3) is 13.0. The van der Waals surface area contributed by atoms with E-state index >= 15 is 0 Å². The lowest BCUT2D eigenvalue weighted by molar-refractivity contribution is -0.137. The summed E-state index contributed by atoms with van der Waals surface area (Å²) in [6.45, 7) is 1.58. The van der Waals surface area contributed by atoms with Crippen LogP contribution >= 0.6 is 0 Å². The van der Waals surface area contributed by atoms with Crippen molar-refractivity contribution in [1.29, 1.82) is 0 Å². The molecule has 2 aromatic carbocycles. The number of aliphatic carboxylic acids is 1. The number of carbonyl (C=O) groups is 1. The van der Waals surface area contributed by atoms with Gasteiger partial charge in [-0.15, -0.1) is 0 Å². The molecule has 7 unspecified atom stereocenters. The van der Waals surface area contributed by atoms with Gasteiger partial charge in [-0.2, -0.15) is 0 Å². The van der Waals surface area contributed by atoms with Crippen LogP contribution in [0, 0.1) is 17.8 Å². The Bertz CT molecular complexity index is 1600. The van der Waals surface area contributed by atoms with Gasteiger partial charge in [-0.25, -0.2) is 0 Å². The number of carboxylic acid groups (broad SMARTS) is 1. The minimum Gasteiger partial charge on any atom is -0.508 e. The van der Waals surface area contributed by atoms with E-state index in [-0.39, 0.29) is 24.6 Å². The quantitative estimate of drug-likeness (QED) is 0.0561. The second-order valence-electron chi connectivity index (χ2n) is 14.7. The number of nitrogens with one attached hydrogen (secondary N) is 1. The molecule has 0 aromatic heterocycles. The van der Waals surface area contributed by atoms with Gasteiger partial charge in [-0.3, -0.25) is 4.79 Å². The van der Waals surface area contributed by atoms with Crippen molar-refractivity contribution in [3.8, 4) is 17.6 Å². The molecular formula is C44H59NO8. The van der Waals surface area contributed by atoms with Gasteiger partial charge in [0.2, 0.25) is 0 Å². The highest BCUT2D eigenvalue weighted by Gasteiger charge is 2.43. The minimum absolute atomic E-state index is 0.109. The number of carboxylic acids is 1. The molecule has 288 valence electrons. The predicted octanol–water partition coefficient (Wildman–Crippen LogP) is 5.50. The summed E-state index contributed by atoms with van der Waals surface area (Å²) in [5, 5.41) is 78.3. The predicted molar refractivity (Wildman–Crippen MR) is 207 cm³/mol. The van der Waals surface area contributed by atoms with Gasteiger partial charge in [0.15, 0.2) is 0 Å². The summed E-state index contributed by atoms with van der Waals surface area (Å²) in [6, 6.07) is 13.8. The number of phenols is 1. The van der Waals surface area contributed by atoms with Gasteiger partial charge in [-0.1, -0.05) is 106 Å². The number of benzene rings is 2. The van der Waals surface area contributed by atoms with Crippen LogP contribution < -0.4 is 5.32 Å². The lowest BCUT2D eigenvalue weighted by atomic mass is 9.73. The van der Waals surface area contributed by atoms with E-state index in [4.69, 9.17) is 5.11 Å². The molecule has 1 aliphatic heterocycles. The van der Waals surface area contributed by atoms with Gasteiger partial charge in [0.25, 0.3) is 0 Å². The molecule has 0 amide bonds. The molecule has 8 N–H and O–H groups in total. The normalized spacial score (nSPS) is 23.5. The fourth-order valence-corrected chi connectivity index (χ4v) is 7.47. The van der Waals surface area contributed by atoms with E-state index in [9.17, 15) is 35.4 Å². The Morgan fingerprint density at radius 2 is 1.77 bits per heavy atom. The Morgan fingerprint density at radius 1 is 1.02 bits per heavy atom. The lowest BCUT2D eigenvalue weighted by Gasteiger charge is -2.44. The van der Waals surface area contributed by atoms with Crippen LogP contribution in [-0.2, 0) is 17.6 Å². The highest BCUT2D eigenvalue weighted by atomic mass is 16.4. The number of aryl methyl sites for hydroxylation is 1. The van der Waals surface area contributed by atoms with E-state index < -0.39 is 48.4 Å². The molecule has 0 radical (unpaired) electrons. The largest absolute Gasteiger partial charge is 0.508 e. The topological polar surface area (TPSA) is 171 Å². The molecule has 1 heterocycles. The molecule has 7 atom stereocenters. The van der Waals surface area contributed by atoms with Crippen LogP contribution in [0.5, 0.6) is 5.75 Å². The molecule has 0 spiro atoms. The first-order valence-corrected chi connectivity index (χ1v) is 19.3. The van der Waals surface area contributed by atoms with Crippen LogP contribution in [0.4, 0.5) is 0 Å². The lowest BCUT2D eigenvalue weighted by Crippen LogP contribution is -2.59. The van der Waals surface area contributed by atoms with Crippen molar-refractivity contribution in [3.63, 3.8) is 0 Å². The summed E-state index contributed by atoms with van der Waals surface area (Å²) in [7, 11) is 0. The fourth-order valence-electron chi connectivity index (χ4n) is 7.47. The molecule has 1 aliphatic carbocycles. The van der Waals surface area contributed by atoms with Gasteiger partial charge < -0.3 is 41.1 Å². The van der Waals surface area contributed by atoms with E-state index in [0.29, 0.717) is 44.9 Å². The summed E-state index contributed by atoms with van der Waals surface area (Å²) in [4.78, 5) is 11.1. The number of fused-ring (bicyclic) bond motifs is 2. The molecule has 9 heteroatoms. The van der Waals surface area contributed by atoms with Crippen molar-refractivity contribution in [3.05, 3.63) is 101 Å². The molecule has 0 saturated heterocycles. The number of hydrogen-bond acceptors (Lipinski definition) is 8. The van der Waals surface area contributed by atoms with E-state index in [1.165, 1.54) is 0 Å². The molecule has 0 fully saturated rings. The standard InChI is InChI=1S/C44H59NO8/c1-2-3-15-40(49)41(50)26-23-34-21-19-32-11-8-9-12-33(32)20-22-35-13-10-27-44(53,29-31-17-24-36(47)25-18-31)43(35)45-39(38(34)28-37(48)30-46)14-6-4-5-7-16-42(51)52/h8-13,17-18,23-26,35,37,39-41,43,45-50,53H,2-7,14-16,19,21,27-30H2,1H3,(H,51,52).